The number of carbonyl (C=O) groups is 2. The first kappa shape index (κ1) is 19.9. The van der Waals surface area contributed by atoms with Crippen LogP contribution in [0.4, 0.5) is 5.69 Å². The molecule has 0 aromatic heterocycles. The van der Waals surface area contributed by atoms with E-state index < -0.39 is 16.6 Å². The molecular formula is C25H27NO5. The molecule has 0 bridgehead atoms. The number of fused-ring (bicyclic) bond motifs is 4. The molecule has 6 nitrogen and oxygen atoms in total. The van der Waals surface area contributed by atoms with E-state index >= 15 is 0 Å². The Labute approximate surface area is 181 Å². The Morgan fingerprint density at radius 3 is 2.61 bits per heavy atom. The molecule has 1 fully saturated rings. The quantitative estimate of drug-likeness (QED) is 0.743. The summed E-state index contributed by atoms with van der Waals surface area (Å²) in [6, 6.07) is 13.4. The second-order valence-electron chi connectivity index (χ2n) is 9.27. The van der Waals surface area contributed by atoms with Crippen molar-refractivity contribution in [1.82, 2.24) is 0 Å². The van der Waals surface area contributed by atoms with Crippen molar-refractivity contribution in [2.45, 2.75) is 63.1 Å². The van der Waals surface area contributed by atoms with Gasteiger partial charge >= 0.3 is 5.97 Å². The maximum absolute atomic E-state index is 13.3. The third kappa shape index (κ3) is 2.92. The number of esters is 1. The summed E-state index contributed by atoms with van der Waals surface area (Å²) in [5.41, 5.74) is 0.321. The van der Waals surface area contributed by atoms with Crippen LogP contribution in [0.5, 0.6) is 11.5 Å². The van der Waals surface area contributed by atoms with E-state index in [2.05, 4.69) is 5.32 Å². The van der Waals surface area contributed by atoms with Crippen LogP contribution >= 0.6 is 0 Å². The Kier molecular flexibility index (Phi) is 4.33. The maximum atomic E-state index is 13.3. The van der Waals surface area contributed by atoms with Gasteiger partial charge in [-0.15, -0.1) is 0 Å². The molecule has 1 saturated carbocycles. The lowest BCUT2D eigenvalue weighted by Crippen LogP contribution is -2.51. The largest absolute Gasteiger partial charge is 0.487 e. The fourth-order valence-corrected chi connectivity index (χ4v) is 5.16. The lowest BCUT2D eigenvalue weighted by molar-refractivity contribution is -0.169. The molecule has 1 atom stereocenters. The molecule has 1 N–H and O–H groups in total. The summed E-state index contributed by atoms with van der Waals surface area (Å²) in [6.45, 7) is 6.10. The van der Waals surface area contributed by atoms with Crippen LogP contribution in [0.25, 0.3) is 0 Å². The minimum Gasteiger partial charge on any atom is -0.487 e. The monoisotopic (exact) mass is 421 g/mol. The maximum Gasteiger partial charge on any atom is 0.350 e. The summed E-state index contributed by atoms with van der Waals surface area (Å²) >= 11 is 0. The zero-order valence-electron chi connectivity index (χ0n) is 18.1. The molecule has 1 unspecified atom stereocenters. The minimum atomic E-state index is -0.927. The number of carbonyl (C=O) groups excluding carboxylic acids is 2. The van der Waals surface area contributed by atoms with Crippen LogP contribution in [0.1, 0.15) is 57.6 Å². The van der Waals surface area contributed by atoms with Gasteiger partial charge in [-0.25, -0.2) is 4.79 Å². The van der Waals surface area contributed by atoms with Gasteiger partial charge in [0.15, 0.2) is 0 Å². The summed E-state index contributed by atoms with van der Waals surface area (Å²) in [6.07, 6.45) is 2.72. The van der Waals surface area contributed by atoms with Gasteiger partial charge in [-0.1, -0.05) is 24.3 Å². The number of nitrogens with one attached hydrogen (secondary N) is 1. The van der Waals surface area contributed by atoms with Crippen molar-refractivity contribution >= 4 is 17.6 Å². The number of ether oxygens (including phenoxy) is 3. The fraction of sp³-hybridized carbons (Fsp3) is 0.440. The highest BCUT2D eigenvalue weighted by Gasteiger charge is 2.56. The number of para-hydroxylation sites is 1. The van der Waals surface area contributed by atoms with Gasteiger partial charge in [-0.05, 0) is 57.7 Å². The molecule has 1 amide bonds. The zero-order valence-corrected chi connectivity index (χ0v) is 18.1. The molecule has 2 heterocycles. The SMILES string of the molecule is CCOC(=O)C1(Oc2ccc3c(c2)OC(C)(C)CC32C(=O)Nc3ccccc32)CCC1. The summed E-state index contributed by atoms with van der Waals surface area (Å²) in [5.74, 6) is 0.799. The normalized spacial score (nSPS) is 24.3. The second kappa shape index (κ2) is 6.74. The molecular weight excluding hydrogens is 394 g/mol. The Morgan fingerprint density at radius 1 is 1.13 bits per heavy atom. The van der Waals surface area contributed by atoms with Crippen molar-refractivity contribution in [2.75, 3.05) is 11.9 Å². The molecule has 3 aliphatic rings. The summed E-state index contributed by atoms with van der Waals surface area (Å²) in [4.78, 5) is 25.8. The molecule has 2 aliphatic heterocycles. The summed E-state index contributed by atoms with van der Waals surface area (Å²) in [5, 5.41) is 3.05. The lowest BCUT2D eigenvalue weighted by atomic mass is 9.67. The highest BCUT2D eigenvalue weighted by Crippen LogP contribution is 2.54. The van der Waals surface area contributed by atoms with Crippen LogP contribution in [0.15, 0.2) is 42.5 Å². The number of benzene rings is 2. The molecule has 6 heteroatoms. The van der Waals surface area contributed by atoms with Gasteiger partial charge in [0, 0.05) is 23.7 Å². The average Bonchev–Trinajstić information content (AvgIpc) is 2.95. The number of hydrogen-bond donors (Lipinski definition) is 1. The predicted molar refractivity (Wildman–Crippen MR) is 115 cm³/mol. The van der Waals surface area contributed by atoms with E-state index in [4.69, 9.17) is 14.2 Å². The molecule has 162 valence electrons. The Hall–Kier alpha value is -3.02. The van der Waals surface area contributed by atoms with Gasteiger partial charge in [0.2, 0.25) is 11.5 Å². The van der Waals surface area contributed by atoms with Crippen molar-refractivity contribution in [3.8, 4) is 11.5 Å². The first-order valence-corrected chi connectivity index (χ1v) is 10.9. The molecule has 2 aromatic carbocycles. The highest BCUT2D eigenvalue weighted by molar-refractivity contribution is 6.09. The molecule has 31 heavy (non-hydrogen) atoms. The molecule has 5 rings (SSSR count). The number of anilines is 1. The molecule has 0 radical (unpaired) electrons. The van der Waals surface area contributed by atoms with Crippen LogP contribution in [-0.2, 0) is 19.7 Å². The van der Waals surface area contributed by atoms with E-state index in [1.165, 1.54) is 0 Å². The fourth-order valence-electron chi connectivity index (χ4n) is 5.16. The standard InChI is InChI=1S/C25H27NO5/c1-4-29-22(28)24(12-7-13-24)30-16-10-11-18-20(14-16)31-23(2,3)15-25(18)17-8-5-6-9-19(17)26-21(25)27/h5-6,8-11,14H,4,7,12-13,15H2,1-3H3,(H,26,27). The van der Waals surface area contributed by atoms with Gasteiger partial charge in [0.1, 0.15) is 22.5 Å². The van der Waals surface area contributed by atoms with E-state index in [1.807, 2.05) is 56.3 Å². The van der Waals surface area contributed by atoms with Gasteiger partial charge in [0.25, 0.3) is 0 Å². The summed E-state index contributed by atoms with van der Waals surface area (Å²) < 4.78 is 17.7. The third-order valence-electron chi connectivity index (χ3n) is 6.63. The first-order chi connectivity index (χ1) is 14.8. The number of hydrogen-bond acceptors (Lipinski definition) is 5. The number of amides is 1. The van der Waals surface area contributed by atoms with E-state index in [1.54, 1.807) is 6.92 Å². The highest BCUT2D eigenvalue weighted by atomic mass is 16.6. The summed E-state index contributed by atoms with van der Waals surface area (Å²) in [7, 11) is 0. The Balaban J connectivity index is 1.57. The average molecular weight is 421 g/mol. The van der Waals surface area contributed by atoms with Crippen molar-refractivity contribution in [1.29, 1.82) is 0 Å². The Morgan fingerprint density at radius 2 is 1.90 bits per heavy atom. The lowest BCUT2D eigenvalue weighted by Gasteiger charge is -2.43. The number of rotatable bonds is 4. The van der Waals surface area contributed by atoms with Gasteiger partial charge in [-0.2, -0.15) is 0 Å². The molecule has 1 aliphatic carbocycles. The van der Waals surface area contributed by atoms with Gasteiger partial charge in [0.05, 0.1) is 6.61 Å². The predicted octanol–water partition coefficient (Wildman–Crippen LogP) is 4.35. The van der Waals surface area contributed by atoms with Crippen molar-refractivity contribution in [2.24, 2.45) is 0 Å². The van der Waals surface area contributed by atoms with Crippen LogP contribution in [0.3, 0.4) is 0 Å². The third-order valence-corrected chi connectivity index (χ3v) is 6.63. The van der Waals surface area contributed by atoms with Crippen molar-refractivity contribution in [3.63, 3.8) is 0 Å². The van der Waals surface area contributed by atoms with Gasteiger partial charge in [-0.3, -0.25) is 4.79 Å². The first-order valence-electron chi connectivity index (χ1n) is 10.9. The van der Waals surface area contributed by atoms with Crippen LogP contribution in [0.2, 0.25) is 0 Å². The zero-order chi connectivity index (χ0) is 21.9. The van der Waals surface area contributed by atoms with Gasteiger partial charge < -0.3 is 19.5 Å². The van der Waals surface area contributed by atoms with Crippen LogP contribution in [0, 0.1) is 0 Å². The molecule has 0 saturated heterocycles. The van der Waals surface area contributed by atoms with Crippen LogP contribution in [-0.4, -0.2) is 29.7 Å². The van der Waals surface area contributed by atoms with E-state index in [9.17, 15) is 9.59 Å². The van der Waals surface area contributed by atoms with E-state index in [0.29, 0.717) is 37.4 Å². The Bertz CT molecular complexity index is 1070. The van der Waals surface area contributed by atoms with Crippen LogP contribution < -0.4 is 14.8 Å². The topological polar surface area (TPSA) is 73.9 Å². The van der Waals surface area contributed by atoms with Crippen molar-refractivity contribution < 1.29 is 23.8 Å². The molecule has 1 spiro atoms. The second-order valence-corrected chi connectivity index (χ2v) is 9.27. The molecule has 2 aromatic rings. The smallest absolute Gasteiger partial charge is 0.350 e. The van der Waals surface area contributed by atoms with Crippen molar-refractivity contribution in [3.05, 3.63) is 53.6 Å². The van der Waals surface area contributed by atoms with E-state index in [-0.39, 0.29) is 11.9 Å². The minimum absolute atomic E-state index is 0.0398. The van der Waals surface area contributed by atoms with E-state index in [0.717, 1.165) is 23.2 Å².